The number of ether oxygens (including phenoxy) is 2. The predicted molar refractivity (Wildman–Crippen MR) is 143 cm³/mol. The number of hydrogen-bond acceptors (Lipinski definition) is 6. The Morgan fingerprint density at radius 2 is 1.80 bits per heavy atom. The minimum atomic E-state index is 0.395. The van der Waals surface area contributed by atoms with Crippen LogP contribution < -0.4 is 10.6 Å². The van der Waals surface area contributed by atoms with E-state index in [0.717, 1.165) is 68.1 Å². The fraction of sp³-hybridized carbons (Fsp3) is 0.630. The number of anilines is 1. The van der Waals surface area contributed by atoms with Crippen molar-refractivity contribution in [2.75, 3.05) is 38.8 Å². The summed E-state index contributed by atoms with van der Waals surface area (Å²) in [6.07, 6.45) is 11.5. The minimum Gasteiger partial charge on any atom is -0.383 e. The van der Waals surface area contributed by atoms with Gasteiger partial charge in [0.25, 0.3) is 0 Å². The molecular formula is C27H38Cl2N4O2. The van der Waals surface area contributed by atoms with Gasteiger partial charge in [0.15, 0.2) is 5.15 Å². The molecule has 0 aromatic carbocycles. The Bertz CT molecular complexity index is 947. The molecule has 3 heterocycles. The smallest absolute Gasteiger partial charge is 0.152 e. The third kappa shape index (κ3) is 7.77. The zero-order chi connectivity index (χ0) is 24.6. The lowest BCUT2D eigenvalue weighted by atomic mass is 9.83. The third-order valence-electron chi connectivity index (χ3n) is 7.27. The molecule has 2 N–H and O–H groups in total. The Morgan fingerprint density at radius 1 is 1.03 bits per heavy atom. The highest BCUT2D eigenvalue weighted by atomic mass is 35.5. The highest BCUT2D eigenvalue weighted by Gasteiger charge is 2.23. The van der Waals surface area contributed by atoms with Gasteiger partial charge in [-0.1, -0.05) is 23.2 Å². The number of nitrogens with one attached hydrogen (secondary N) is 2. The summed E-state index contributed by atoms with van der Waals surface area (Å²) in [5, 5.41) is 8.31. The number of halogens is 2. The van der Waals surface area contributed by atoms with Crippen molar-refractivity contribution in [3.05, 3.63) is 40.4 Å². The Hall–Kier alpha value is -1.44. The molecule has 1 atom stereocenters. The molecule has 192 valence electrons. The van der Waals surface area contributed by atoms with Gasteiger partial charge in [0.05, 0.1) is 17.3 Å². The van der Waals surface area contributed by atoms with Gasteiger partial charge in [-0.05, 0) is 75.8 Å². The van der Waals surface area contributed by atoms with Crippen LogP contribution in [0.15, 0.2) is 24.5 Å². The molecule has 2 aliphatic rings. The van der Waals surface area contributed by atoms with Crippen LogP contribution >= 0.6 is 23.2 Å². The SMILES string of the molecule is COC[C@H](C)NC1CCC(Cc2cc(-c3cnc(Cl)c(NCC4CCOCC4)c3)c(Cl)cn2)CC1. The van der Waals surface area contributed by atoms with Crippen LogP contribution in [0.2, 0.25) is 10.2 Å². The molecule has 0 bridgehead atoms. The van der Waals surface area contributed by atoms with Crippen molar-refractivity contribution in [3.63, 3.8) is 0 Å². The number of nitrogens with zero attached hydrogens (tertiary/aromatic N) is 2. The van der Waals surface area contributed by atoms with E-state index in [2.05, 4.69) is 39.7 Å². The van der Waals surface area contributed by atoms with Crippen LogP contribution in [-0.2, 0) is 15.9 Å². The first-order valence-corrected chi connectivity index (χ1v) is 13.6. The fourth-order valence-corrected chi connectivity index (χ4v) is 5.65. The Morgan fingerprint density at radius 3 is 2.54 bits per heavy atom. The molecule has 1 saturated heterocycles. The number of pyridine rings is 2. The molecule has 0 radical (unpaired) electrons. The maximum absolute atomic E-state index is 6.58. The van der Waals surface area contributed by atoms with E-state index >= 15 is 0 Å². The van der Waals surface area contributed by atoms with E-state index < -0.39 is 0 Å². The van der Waals surface area contributed by atoms with E-state index in [1.54, 1.807) is 19.5 Å². The van der Waals surface area contributed by atoms with Gasteiger partial charge in [-0.15, -0.1) is 0 Å². The van der Waals surface area contributed by atoms with Crippen LogP contribution in [0.3, 0.4) is 0 Å². The van der Waals surface area contributed by atoms with E-state index in [-0.39, 0.29) is 0 Å². The van der Waals surface area contributed by atoms with E-state index in [0.29, 0.717) is 34.1 Å². The first-order chi connectivity index (χ1) is 17.0. The molecule has 1 aliphatic carbocycles. The van der Waals surface area contributed by atoms with Crippen LogP contribution in [0.4, 0.5) is 5.69 Å². The molecule has 0 unspecified atom stereocenters. The first-order valence-electron chi connectivity index (χ1n) is 12.9. The van der Waals surface area contributed by atoms with Crippen molar-refractivity contribution in [1.29, 1.82) is 0 Å². The first kappa shape index (κ1) is 26.6. The zero-order valence-corrected chi connectivity index (χ0v) is 22.4. The molecule has 1 saturated carbocycles. The molecule has 8 heteroatoms. The summed E-state index contributed by atoms with van der Waals surface area (Å²) in [5.74, 6) is 1.24. The van der Waals surface area contributed by atoms with E-state index in [1.165, 1.54) is 25.7 Å². The normalized spacial score (nSPS) is 22.2. The summed E-state index contributed by atoms with van der Waals surface area (Å²) in [6.45, 7) is 5.47. The maximum Gasteiger partial charge on any atom is 0.152 e. The summed E-state index contributed by atoms with van der Waals surface area (Å²) in [7, 11) is 1.76. The van der Waals surface area contributed by atoms with Crippen molar-refractivity contribution in [2.45, 2.75) is 64.0 Å². The van der Waals surface area contributed by atoms with Gasteiger partial charge in [0, 0.05) is 68.2 Å². The largest absolute Gasteiger partial charge is 0.383 e. The van der Waals surface area contributed by atoms with Crippen molar-refractivity contribution in [1.82, 2.24) is 15.3 Å². The van der Waals surface area contributed by atoms with E-state index in [9.17, 15) is 0 Å². The predicted octanol–water partition coefficient (Wildman–Crippen LogP) is 6.01. The average Bonchev–Trinajstić information content (AvgIpc) is 2.87. The van der Waals surface area contributed by atoms with Gasteiger partial charge in [-0.2, -0.15) is 0 Å². The van der Waals surface area contributed by atoms with Gasteiger partial charge >= 0.3 is 0 Å². The van der Waals surface area contributed by atoms with E-state index in [1.807, 2.05) is 0 Å². The lowest BCUT2D eigenvalue weighted by molar-refractivity contribution is 0.0699. The highest BCUT2D eigenvalue weighted by Crippen LogP contribution is 2.34. The second kappa shape index (κ2) is 13.2. The van der Waals surface area contributed by atoms with Crippen LogP contribution in [-0.4, -0.2) is 55.5 Å². The lowest BCUT2D eigenvalue weighted by Crippen LogP contribution is -2.41. The van der Waals surface area contributed by atoms with Crippen molar-refractivity contribution < 1.29 is 9.47 Å². The maximum atomic E-state index is 6.58. The molecule has 0 spiro atoms. The molecule has 0 amide bonds. The molecule has 2 fully saturated rings. The Balaban J connectivity index is 1.37. The van der Waals surface area contributed by atoms with Crippen LogP contribution in [0.25, 0.3) is 11.1 Å². The quantitative estimate of drug-likeness (QED) is 0.373. The number of hydrogen-bond donors (Lipinski definition) is 2. The molecular weight excluding hydrogens is 483 g/mol. The lowest BCUT2D eigenvalue weighted by Gasteiger charge is -2.31. The van der Waals surface area contributed by atoms with Gasteiger partial charge < -0.3 is 20.1 Å². The number of methoxy groups -OCH3 is 1. The third-order valence-corrected chi connectivity index (χ3v) is 7.87. The van der Waals surface area contributed by atoms with Crippen LogP contribution in [0.5, 0.6) is 0 Å². The molecule has 6 nitrogen and oxygen atoms in total. The molecule has 4 rings (SSSR count). The second-order valence-corrected chi connectivity index (χ2v) is 10.9. The van der Waals surface area contributed by atoms with Gasteiger partial charge in [-0.25, -0.2) is 4.98 Å². The zero-order valence-electron chi connectivity index (χ0n) is 20.9. The number of rotatable bonds is 10. The standard InChI is InChI=1S/C27H38Cl2N4O2/c1-18(17-34-2)33-22-5-3-19(4-6-22)11-23-13-24(25(28)16-30-23)21-12-26(27(29)32-15-21)31-14-20-7-9-35-10-8-20/h12-13,15-16,18-20,22,31,33H,3-11,14,17H2,1-2H3/t18-,19?,22?/m0/s1. The van der Waals surface area contributed by atoms with Crippen molar-refractivity contribution in [3.8, 4) is 11.1 Å². The highest BCUT2D eigenvalue weighted by molar-refractivity contribution is 6.33. The summed E-state index contributed by atoms with van der Waals surface area (Å²) in [5.41, 5.74) is 3.84. The summed E-state index contributed by atoms with van der Waals surface area (Å²) >= 11 is 13.0. The summed E-state index contributed by atoms with van der Waals surface area (Å²) in [6, 6.07) is 5.15. The second-order valence-electron chi connectivity index (χ2n) is 10.1. The monoisotopic (exact) mass is 520 g/mol. The Kier molecular flexibility index (Phi) is 10.0. The molecule has 2 aromatic heterocycles. The number of aromatic nitrogens is 2. The fourth-order valence-electron chi connectivity index (χ4n) is 5.27. The topological polar surface area (TPSA) is 68.3 Å². The van der Waals surface area contributed by atoms with Crippen LogP contribution in [0, 0.1) is 11.8 Å². The average molecular weight is 522 g/mol. The summed E-state index contributed by atoms with van der Waals surface area (Å²) < 4.78 is 10.7. The van der Waals surface area contributed by atoms with Gasteiger partial charge in [0.2, 0.25) is 0 Å². The molecule has 35 heavy (non-hydrogen) atoms. The van der Waals surface area contributed by atoms with Crippen molar-refractivity contribution in [2.24, 2.45) is 11.8 Å². The molecule has 2 aromatic rings. The van der Waals surface area contributed by atoms with Gasteiger partial charge in [0.1, 0.15) is 0 Å². The van der Waals surface area contributed by atoms with Gasteiger partial charge in [-0.3, -0.25) is 4.98 Å². The summed E-state index contributed by atoms with van der Waals surface area (Å²) in [4.78, 5) is 9.08. The van der Waals surface area contributed by atoms with Crippen molar-refractivity contribution >= 4 is 28.9 Å². The van der Waals surface area contributed by atoms with Crippen LogP contribution in [0.1, 0.15) is 51.1 Å². The van der Waals surface area contributed by atoms with E-state index in [4.69, 9.17) is 32.7 Å². The Labute approximate surface area is 219 Å². The minimum absolute atomic E-state index is 0.395. The molecule has 1 aliphatic heterocycles.